The van der Waals surface area contributed by atoms with Crippen LogP contribution < -0.4 is 15.6 Å². The smallest absolute Gasteiger partial charge is 0.360 e. The number of carbonyl (C=O) groups is 2. The van der Waals surface area contributed by atoms with Gasteiger partial charge in [0.05, 0.1) is 18.2 Å². The number of ether oxygens (including phenoxy) is 2. The quantitative estimate of drug-likeness (QED) is 0.558. The molecule has 162 valence electrons. The Morgan fingerprint density at radius 2 is 1.77 bits per heavy atom. The third-order valence-electron chi connectivity index (χ3n) is 4.80. The Balaban J connectivity index is 1.84. The van der Waals surface area contributed by atoms with Gasteiger partial charge in [-0.3, -0.25) is 9.59 Å². The summed E-state index contributed by atoms with van der Waals surface area (Å²) in [6, 6.07) is 13.7. The van der Waals surface area contributed by atoms with E-state index in [9.17, 15) is 14.4 Å². The van der Waals surface area contributed by atoms with E-state index in [0.29, 0.717) is 28.8 Å². The van der Waals surface area contributed by atoms with Crippen LogP contribution in [-0.2, 0) is 16.1 Å². The van der Waals surface area contributed by atoms with Crippen molar-refractivity contribution in [1.82, 2.24) is 9.78 Å². The fourth-order valence-corrected chi connectivity index (χ4v) is 3.10. The molecule has 0 spiro atoms. The third kappa shape index (κ3) is 4.91. The van der Waals surface area contributed by atoms with E-state index in [2.05, 4.69) is 10.4 Å². The summed E-state index contributed by atoms with van der Waals surface area (Å²) in [5.74, 6) is -0.796. The van der Waals surface area contributed by atoms with Gasteiger partial charge in [0.25, 0.3) is 11.5 Å². The van der Waals surface area contributed by atoms with Crippen molar-refractivity contribution in [3.63, 3.8) is 0 Å². The van der Waals surface area contributed by atoms with Crippen molar-refractivity contribution in [1.29, 1.82) is 0 Å². The van der Waals surface area contributed by atoms with Gasteiger partial charge in [-0.15, -0.1) is 0 Å². The van der Waals surface area contributed by atoms with Crippen LogP contribution in [0.4, 0.5) is 5.69 Å². The summed E-state index contributed by atoms with van der Waals surface area (Å²) in [4.78, 5) is 38.1. The normalized spacial score (nSPS) is 11.7. The number of anilines is 1. The van der Waals surface area contributed by atoms with Crippen LogP contribution in [0.25, 0.3) is 10.8 Å². The van der Waals surface area contributed by atoms with Crippen LogP contribution in [0.3, 0.4) is 0 Å². The van der Waals surface area contributed by atoms with Crippen molar-refractivity contribution in [3.8, 4) is 5.75 Å². The highest BCUT2D eigenvalue weighted by Gasteiger charge is 2.24. The van der Waals surface area contributed by atoms with Crippen molar-refractivity contribution in [3.05, 3.63) is 64.6 Å². The minimum absolute atomic E-state index is 0.00300. The number of aromatic nitrogens is 2. The summed E-state index contributed by atoms with van der Waals surface area (Å²) in [6.07, 6.45) is 0.534. The van der Waals surface area contributed by atoms with Crippen LogP contribution in [0.5, 0.6) is 5.75 Å². The molecule has 1 heterocycles. The second-order valence-electron chi connectivity index (χ2n) is 7.01. The zero-order valence-corrected chi connectivity index (χ0v) is 17.8. The summed E-state index contributed by atoms with van der Waals surface area (Å²) < 4.78 is 11.9. The summed E-state index contributed by atoms with van der Waals surface area (Å²) in [7, 11) is 1.50. The molecule has 1 N–H and O–H groups in total. The molecule has 8 nitrogen and oxygen atoms in total. The van der Waals surface area contributed by atoms with Crippen LogP contribution in [0, 0.1) is 0 Å². The molecule has 3 rings (SSSR count). The van der Waals surface area contributed by atoms with Crippen molar-refractivity contribution in [2.75, 3.05) is 12.4 Å². The number of hydrogen-bond acceptors (Lipinski definition) is 6. The third-order valence-corrected chi connectivity index (χ3v) is 4.80. The molecule has 0 aliphatic carbocycles. The number of amides is 1. The first kappa shape index (κ1) is 22.0. The Bertz CT molecular complexity index is 1160. The number of nitrogens with one attached hydrogen (secondary N) is 1. The Kier molecular flexibility index (Phi) is 7.02. The molecule has 3 aromatic rings. The highest BCUT2D eigenvalue weighted by Crippen LogP contribution is 2.23. The molecule has 0 unspecified atom stereocenters. The minimum Gasteiger partial charge on any atom is -0.495 e. The number of nitrogens with zero attached hydrogens (tertiary/aromatic N) is 2. The maximum absolute atomic E-state index is 12.9. The summed E-state index contributed by atoms with van der Waals surface area (Å²) >= 11 is 0. The van der Waals surface area contributed by atoms with Gasteiger partial charge in [-0.2, -0.15) is 5.10 Å². The molecule has 1 amide bonds. The number of fused-ring (bicyclic) bond motifs is 1. The van der Waals surface area contributed by atoms with Crippen molar-refractivity contribution >= 4 is 28.3 Å². The van der Waals surface area contributed by atoms with Gasteiger partial charge in [0, 0.05) is 11.9 Å². The van der Waals surface area contributed by atoms with Crippen molar-refractivity contribution in [2.24, 2.45) is 0 Å². The fourth-order valence-electron chi connectivity index (χ4n) is 3.10. The van der Waals surface area contributed by atoms with E-state index >= 15 is 0 Å². The molecule has 0 radical (unpaired) electrons. The highest BCUT2D eigenvalue weighted by atomic mass is 16.5. The largest absolute Gasteiger partial charge is 0.495 e. The van der Waals surface area contributed by atoms with E-state index in [4.69, 9.17) is 9.47 Å². The number of carbonyl (C=O) groups excluding carboxylic acids is 2. The van der Waals surface area contributed by atoms with Gasteiger partial charge in [-0.25, -0.2) is 9.48 Å². The Morgan fingerprint density at radius 1 is 1.10 bits per heavy atom. The molecule has 0 aliphatic heterocycles. The number of rotatable bonds is 8. The van der Waals surface area contributed by atoms with E-state index in [-0.39, 0.29) is 11.3 Å². The first-order valence-corrected chi connectivity index (χ1v) is 10.1. The Morgan fingerprint density at radius 3 is 2.48 bits per heavy atom. The Hall–Kier alpha value is -3.68. The van der Waals surface area contributed by atoms with E-state index in [1.165, 1.54) is 18.7 Å². The number of para-hydroxylation sites is 2. The van der Waals surface area contributed by atoms with Crippen molar-refractivity contribution in [2.45, 2.75) is 39.3 Å². The standard InChI is InChI=1S/C23H25N3O5/c1-4-5-14-26-22(28)17-11-7-6-10-16(17)20(25-26)23(29)31-15(2)21(27)24-18-12-8-9-13-19(18)30-3/h6-13,15H,4-5,14H2,1-3H3,(H,24,27)/t15-/m0/s1. The summed E-state index contributed by atoms with van der Waals surface area (Å²) in [5, 5.41) is 7.70. The van der Waals surface area contributed by atoms with Crippen LogP contribution in [0.1, 0.15) is 37.2 Å². The predicted molar refractivity (Wildman–Crippen MR) is 117 cm³/mol. The molecule has 31 heavy (non-hydrogen) atoms. The zero-order valence-electron chi connectivity index (χ0n) is 17.8. The van der Waals surface area contributed by atoms with Crippen molar-refractivity contribution < 1.29 is 19.1 Å². The topological polar surface area (TPSA) is 99.5 Å². The van der Waals surface area contributed by atoms with E-state index in [1.807, 2.05) is 6.92 Å². The lowest BCUT2D eigenvalue weighted by molar-refractivity contribution is -0.123. The van der Waals surface area contributed by atoms with E-state index < -0.39 is 18.0 Å². The molecule has 0 saturated carbocycles. The highest BCUT2D eigenvalue weighted by molar-refractivity contribution is 6.04. The number of esters is 1. The SMILES string of the molecule is CCCCn1nc(C(=O)O[C@@H](C)C(=O)Nc2ccccc2OC)c2ccccc2c1=O. The lowest BCUT2D eigenvalue weighted by atomic mass is 10.1. The number of methoxy groups -OCH3 is 1. The number of benzene rings is 2. The van der Waals surface area contributed by atoms with Gasteiger partial charge < -0.3 is 14.8 Å². The van der Waals surface area contributed by atoms with Crippen LogP contribution in [0.15, 0.2) is 53.3 Å². The predicted octanol–water partition coefficient (Wildman–Crippen LogP) is 3.39. The lowest BCUT2D eigenvalue weighted by Gasteiger charge is -2.16. The van der Waals surface area contributed by atoms with Crippen LogP contribution in [0.2, 0.25) is 0 Å². The molecular weight excluding hydrogens is 398 g/mol. The number of unbranched alkanes of at least 4 members (excludes halogenated alkanes) is 1. The molecule has 8 heteroatoms. The summed E-state index contributed by atoms with van der Waals surface area (Å²) in [5.41, 5.74) is 0.209. The monoisotopic (exact) mass is 423 g/mol. The first-order valence-electron chi connectivity index (χ1n) is 10.1. The second kappa shape index (κ2) is 9.88. The molecule has 0 fully saturated rings. The molecule has 1 atom stereocenters. The average molecular weight is 423 g/mol. The number of aryl methyl sites for hydroxylation is 1. The van der Waals surface area contributed by atoms with E-state index in [1.54, 1.807) is 48.5 Å². The van der Waals surface area contributed by atoms with Gasteiger partial charge in [-0.05, 0) is 31.5 Å². The molecule has 0 saturated heterocycles. The lowest BCUT2D eigenvalue weighted by Crippen LogP contribution is -2.32. The maximum atomic E-state index is 12.9. The Labute approximate surface area is 179 Å². The van der Waals surface area contributed by atoms with E-state index in [0.717, 1.165) is 12.8 Å². The van der Waals surface area contributed by atoms with Gasteiger partial charge in [0.2, 0.25) is 0 Å². The summed E-state index contributed by atoms with van der Waals surface area (Å²) in [6.45, 7) is 3.87. The molecule has 2 aromatic carbocycles. The minimum atomic E-state index is -1.09. The molecule has 1 aromatic heterocycles. The second-order valence-corrected chi connectivity index (χ2v) is 7.01. The van der Waals surface area contributed by atoms with Gasteiger partial charge in [0.15, 0.2) is 11.8 Å². The zero-order chi connectivity index (χ0) is 22.4. The first-order chi connectivity index (χ1) is 15.0. The van der Waals surface area contributed by atoms with Gasteiger partial charge >= 0.3 is 5.97 Å². The fraction of sp³-hybridized carbons (Fsp3) is 0.304. The molecule has 0 bridgehead atoms. The van der Waals surface area contributed by atoms with Crippen LogP contribution in [-0.4, -0.2) is 34.9 Å². The maximum Gasteiger partial charge on any atom is 0.360 e. The van der Waals surface area contributed by atoms with Crippen LogP contribution >= 0.6 is 0 Å². The molecule has 0 aliphatic rings. The molecular formula is C23H25N3O5. The van der Waals surface area contributed by atoms with Gasteiger partial charge in [-0.1, -0.05) is 43.7 Å². The average Bonchev–Trinajstić information content (AvgIpc) is 2.79. The number of hydrogen-bond donors (Lipinski definition) is 1. The van der Waals surface area contributed by atoms with Gasteiger partial charge in [0.1, 0.15) is 5.75 Å².